The summed E-state index contributed by atoms with van der Waals surface area (Å²) in [5.41, 5.74) is 3.65. The van der Waals surface area contributed by atoms with Crippen LogP contribution in [-0.2, 0) is 13.1 Å². The van der Waals surface area contributed by atoms with E-state index < -0.39 is 0 Å². The fourth-order valence-corrected chi connectivity index (χ4v) is 2.87. The molecule has 0 aliphatic carbocycles. The van der Waals surface area contributed by atoms with Gasteiger partial charge in [-0.3, -0.25) is 9.47 Å². The van der Waals surface area contributed by atoms with Gasteiger partial charge in [-0.1, -0.05) is 42.5 Å². The minimum absolute atomic E-state index is 0.857. The second kappa shape index (κ2) is 5.22. The lowest BCUT2D eigenvalue weighted by atomic mass is 10.1. The molecule has 0 bridgehead atoms. The Morgan fingerprint density at radius 1 is 1.00 bits per heavy atom. The Morgan fingerprint density at radius 3 is 2.71 bits per heavy atom. The molecule has 1 N–H and O–H groups in total. The van der Waals surface area contributed by atoms with E-state index in [2.05, 4.69) is 68.3 Å². The minimum Gasteiger partial charge on any atom is -0.343 e. The summed E-state index contributed by atoms with van der Waals surface area (Å²) in [6.07, 6.45) is 1.07. The van der Waals surface area contributed by atoms with Gasteiger partial charge in [-0.15, -0.1) is 0 Å². The molecule has 0 radical (unpaired) electrons. The lowest BCUT2D eigenvalue weighted by Gasteiger charge is -2.29. The van der Waals surface area contributed by atoms with Crippen molar-refractivity contribution in [3.05, 3.63) is 60.2 Å². The van der Waals surface area contributed by atoms with E-state index in [4.69, 9.17) is 0 Å². The molecular formula is C17H18N4. The van der Waals surface area contributed by atoms with Gasteiger partial charge in [0, 0.05) is 6.54 Å². The Labute approximate surface area is 124 Å². The maximum atomic E-state index is 4.63. The number of hydrogen-bond acceptors (Lipinski definition) is 3. The van der Waals surface area contributed by atoms with Crippen molar-refractivity contribution < 1.29 is 0 Å². The van der Waals surface area contributed by atoms with Crippen LogP contribution in [0.5, 0.6) is 0 Å². The molecule has 0 saturated carbocycles. The first-order chi connectivity index (χ1) is 10.4. The second-order valence-corrected chi connectivity index (χ2v) is 5.46. The van der Waals surface area contributed by atoms with E-state index in [9.17, 15) is 0 Å². The standard InChI is InChI=1S/C17H18N4/c1-2-6-14(7-3-1)10-11-20-12-18-17-19-15-8-4-5-9-16(15)21(17)13-20/h1-9H,10-13H2,(H,18,19). The van der Waals surface area contributed by atoms with Crippen LogP contribution in [0.4, 0.5) is 5.95 Å². The molecule has 4 heteroatoms. The first kappa shape index (κ1) is 12.4. The van der Waals surface area contributed by atoms with Gasteiger partial charge in [0.2, 0.25) is 5.95 Å². The third kappa shape index (κ3) is 2.38. The fourth-order valence-electron chi connectivity index (χ4n) is 2.87. The van der Waals surface area contributed by atoms with E-state index in [1.54, 1.807) is 0 Å². The molecule has 1 aliphatic heterocycles. The average Bonchev–Trinajstić information content (AvgIpc) is 2.92. The number of para-hydroxylation sites is 2. The van der Waals surface area contributed by atoms with Crippen molar-refractivity contribution in [2.45, 2.75) is 13.1 Å². The van der Waals surface area contributed by atoms with Gasteiger partial charge in [-0.25, -0.2) is 4.98 Å². The Morgan fingerprint density at radius 2 is 1.81 bits per heavy atom. The Bertz CT molecular complexity index is 748. The molecule has 2 heterocycles. The normalized spacial score (nSPS) is 14.9. The quantitative estimate of drug-likeness (QED) is 0.799. The molecule has 0 spiro atoms. The van der Waals surface area contributed by atoms with Crippen LogP contribution in [-0.4, -0.2) is 27.7 Å². The number of benzene rings is 2. The van der Waals surface area contributed by atoms with E-state index in [1.165, 1.54) is 11.1 Å². The summed E-state index contributed by atoms with van der Waals surface area (Å²) in [5, 5.41) is 3.42. The Hall–Kier alpha value is -2.33. The monoisotopic (exact) mass is 278 g/mol. The van der Waals surface area contributed by atoms with Gasteiger partial charge in [0.25, 0.3) is 0 Å². The summed E-state index contributed by atoms with van der Waals surface area (Å²) in [6.45, 7) is 2.80. The maximum absolute atomic E-state index is 4.63. The molecule has 1 aromatic heterocycles. The van der Waals surface area contributed by atoms with E-state index >= 15 is 0 Å². The van der Waals surface area contributed by atoms with Crippen LogP contribution in [0.2, 0.25) is 0 Å². The zero-order chi connectivity index (χ0) is 14.1. The van der Waals surface area contributed by atoms with Crippen LogP contribution in [0.3, 0.4) is 0 Å². The van der Waals surface area contributed by atoms with Crippen LogP contribution >= 0.6 is 0 Å². The molecule has 3 aromatic rings. The van der Waals surface area contributed by atoms with Crippen LogP contribution < -0.4 is 5.32 Å². The third-order valence-corrected chi connectivity index (χ3v) is 4.02. The molecule has 1 aliphatic rings. The van der Waals surface area contributed by atoms with Crippen molar-refractivity contribution in [3.8, 4) is 0 Å². The number of rotatable bonds is 3. The summed E-state index contributed by atoms with van der Waals surface area (Å²) in [4.78, 5) is 7.04. The predicted octanol–water partition coefficient (Wildman–Crippen LogP) is 2.92. The number of imidazole rings is 1. The van der Waals surface area contributed by atoms with Gasteiger partial charge in [0.05, 0.1) is 24.4 Å². The van der Waals surface area contributed by atoms with Crippen LogP contribution in [0.1, 0.15) is 5.56 Å². The summed E-state index contributed by atoms with van der Waals surface area (Å²) in [5.74, 6) is 0.979. The van der Waals surface area contributed by atoms with Crippen molar-refractivity contribution >= 4 is 17.0 Å². The number of fused-ring (bicyclic) bond motifs is 3. The molecule has 21 heavy (non-hydrogen) atoms. The van der Waals surface area contributed by atoms with Crippen molar-refractivity contribution in [2.24, 2.45) is 0 Å². The van der Waals surface area contributed by atoms with E-state index in [0.717, 1.165) is 37.8 Å². The molecule has 2 aromatic carbocycles. The number of hydrogen-bond donors (Lipinski definition) is 1. The van der Waals surface area contributed by atoms with E-state index in [0.29, 0.717) is 0 Å². The number of nitrogens with zero attached hydrogens (tertiary/aromatic N) is 3. The zero-order valence-corrected chi connectivity index (χ0v) is 11.9. The van der Waals surface area contributed by atoms with Crippen molar-refractivity contribution in [2.75, 3.05) is 18.5 Å². The lowest BCUT2D eigenvalue weighted by Crippen LogP contribution is -2.38. The molecule has 0 amide bonds. The van der Waals surface area contributed by atoms with Crippen molar-refractivity contribution in [1.29, 1.82) is 0 Å². The van der Waals surface area contributed by atoms with Gasteiger partial charge in [-0.2, -0.15) is 0 Å². The van der Waals surface area contributed by atoms with Crippen LogP contribution in [0.15, 0.2) is 54.6 Å². The predicted molar refractivity (Wildman–Crippen MR) is 85.1 cm³/mol. The van der Waals surface area contributed by atoms with Crippen LogP contribution in [0, 0.1) is 0 Å². The molecular weight excluding hydrogens is 260 g/mol. The van der Waals surface area contributed by atoms with Gasteiger partial charge in [0.1, 0.15) is 0 Å². The zero-order valence-electron chi connectivity index (χ0n) is 11.9. The topological polar surface area (TPSA) is 33.1 Å². The smallest absolute Gasteiger partial charge is 0.206 e. The molecule has 0 saturated heterocycles. The summed E-state index contributed by atoms with van der Waals surface area (Å²) in [7, 11) is 0. The molecule has 4 nitrogen and oxygen atoms in total. The number of aromatic nitrogens is 2. The van der Waals surface area contributed by atoms with Gasteiger partial charge in [0.15, 0.2) is 0 Å². The lowest BCUT2D eigenvalue weighted by molar-refractivity contribution is 0.225. The summed E-state index contributed by atoms with van der Waals surface area (Å²) >= 11 is 0. The molecule has 0 fully saturated rings. The van der Waals surface area contributed by atoms with E-state index in [-0.39, 0.29) is 0 Å². The van der Waals surface area contributed by atoms with Gasteiger partial charge >= 0.3 is 0 Å². The molecule has 0 atom stereocenters. The number of anilines is 1. The highest BCUT2D eigenvalue weighted by Crippen LogP contribution is 2.22. The SMILES string of the molecule is c1ccc(CCN2CNc3nc4ccccc4n3C2)cc1. The molecule has 106 valence electrons. The highest BCUT2D eigenvalue weighted by molar-refractivity contribution is 5.78. The first-order valence-electron chi connectivity index (χ1n) is 7.35. The minimum atomic E-state index is 0.857. The van der Waals surface area contributed by atoms with Crippen molar-refractivity contribution in [1.82, 2.24) is 14.5 Å². The second-order valence-electron chi connectivity index (χ2n) is 5.46. The van der Waals surface area contributed by atoms with Gasteiger partial charge in [-0.05, 0) is 24.1 Å². The third-order valence-electron chi connectivity index (χ3n) is 4.02. The molecule has 4 rings (SSSR count). The first-order valence-corrected chi connectivity index (χ1v) is 7.35. The molecule has 0 unspecified atom stereocenters. The van der Waals surface area contributed by atoms with Gasteiger partial charge < -0.3 is 5.32 Å². The summed E-state index contributed by atoms with van der Waals surface area (Å²) < 4.78 is 2.25. The van der Waals surface area contributed by atoms with Crippen LogP contribution in [0.25, 0.3) is 11.0 Å². The summed E-state index contributed by atoms with van der Waals surface area (Å²) in [6, 6.07) is 19.0. The Kier molecular flexibility index (Phi) is 3.09. The number of nitrogens with one attached hydrogen (secondary N) is 1. The Balaban J connectivity index is 1.51. The average molecular weight is 278 g/mol. The highest BCUT2D eigenvalue weighted by atomic mass is 15.4. The highest BCUT2D eigenvalue weighted by Gasteiger charge is 2.18. The fraction of sp³-hybridized carbons (Fsp3) is 0.235. The van der Waals surface area contributed by atoms with E-state index in [1.807, 2.05) is 6.07 Å². The maximum Gasteiger partial charge on any atom is 0.206 e. The largest absolute Gasteiger partial charge is 0.343 e. The van der Waals surface area contributed by atoms with Crippen molar-refractivity contribution in [3.63, 3.8) is 0 Å².